The second kappa shape index (κ2) is 16.0. The molecule has 2 saturated heterocycles. The smallest absolute Gasteiger partial charge is 0.229 e. The molecule has 2 aromatic heterocycles. The van der Waals surface area contributed by atoms with Gasteiger partial charge in [-0.1, -0.05) is 42.3 Å². The Morgan fingerprint density at radius 2 is 1.71 bits per heavy atom. The van der Waals surface area contributed by atoms with Crippen LogP contribution >= 0.6 is 11.9 Å². The van der Waals surface area contributed by atoms with Gasteiger partial charge < -0.3 is 29.5 Å². The molecule has 2 aliphatic rings. The van der Waals surface area contributed by atoms with E-state index in [0.29, 0.717) is 29.1 Å². The lowest BCUT2D eigenvalue weighted by atomic mass is 9.97. The number of nitrogens with one attached hydrogen (secondary N) is 2. The van der Waals surface area contributed by atoms with Crippen molar-refractivity contribution in [3.8, 4) is 11.8 Å². The number of nitrogens with zero attached hydrogens (tertiary/aromatic N) is 9. The van der Waals surface area contributed by atoms with Gasteiger partial charge in [0.1, 0.15) is 22.9 Å². The number of hydrogen-bond acceptors (Lipinski definition) is 13. The van der Waals surface area contributed by atoms with E-state index < -0.39 is 0 Å². The van der Waals surface area contributed by atoms with E-state index in [9.17, 15) is 5.26 Å². The highest BCUT2D eigenvalue weighted by Gasteiger charge is 2.28. The van der Waals surface area contributed by atoms with Gasteiger partial charge in [-0.15, -0.1) is 0 Å². The fourth-order valence-electron chi connectivity index (χ4n) is 7.19. The Labute approximate surface area is 310 Å². The molecule has 13 heteroatoms. The highest BCUT2D eigenvalue weighted by Crippen LogP contribution is 2.39. The molecule has 0 atom stereocenters. The largest absolute Gasteiger partial charge is 0.494 e. The molecule has 0 aliphatic carbocycles. The molecule has 7 rings (SSSR count). The van der Waals surface area contributed by atoms with Gasteiger partial charge in [-0.25, -0.2) is 4.98 Å². The minimum Gasteiger partial charge on any atom is -0.494 e. The number of nitriles is 1. The summed E-state index contributed by atoms with van der Waals surface area (Å²) in [6.07, 6.45) is 9.94. The van der Waals surface area contributed by atoms with Gasteiger partial charge in [0.25, 0.3) is 0 Å². The van der Waals surface area contributed by atoms with Gasteiger partial charge in [-0.3, -0.25) is 14.9 Å². The van der Waals surface area contributed by atoms with Gasteiger partial charge in [-0.05, 0) is 55.6 Å². The number of ether oxygens (including phenoxy) is 1. The van der Waals surface area contributed by atoms with Crippen LogP contribution in [0.2, 0.25) is 0 Å². The molecule has 4 heterocycles. The van der Waals surface area contributed by atoms with Crippen molar-refractivity contribution in [1.82, 2.24) is 29.7 Å². The van der Waals surface area contributed by atoms with E-state index in [2.05, 4.69) is 95.9 Å². The van der Waals surface area contributed by atoms with Crippen molar-refractivity contribution in [2.45, 2.75) is 25.3 Å². The first-order chi connectivity index (χ1) is 25.4. The standard InChI is InChI=1S/C39H45N11OS/c1-47-18-20-49(21-19-47)30-12-16-50(17-13-30)34-24-35(51-3)33(23-28(34)22-27-8-6-5-7-9-27)45-39-43-26-29(25-40)38(46-39)44-32-11-10-31-36(42-15-14-41-31)37(32)48(2)52-4/h5-11,14-15,23-24,26,30H,12-13,16-22H2,1-4H3,(H2,43,44,45,46). The van der Waals surface area contributed by atoms with E-state index in [1.165, 1.54) is 23.0 Å². The maximum Gasteiger partial charge on any atom is 0.229 e. The number of anilines is 6. The molecule has 0 bridgehead atoms. The predicted molar refractivity (Wildman–Crippen MR) is 211 cm³/mol. The summed E-state index contributed by atoms with van der Waals surface area (Å²) in [6, 6.07) is 21.6. The summed E-state index contributed by atoms with van der Waals surface area (Å²) in [6.45, 7) is 6.57. The molecule has 0 saturated carbocycles. The molecule has 5 aromatic rings. The number of likely N-dealkylation sites (N-methyl/N-ethyl adjacent to an activating group) is 1. The number of piperidine rings is 1. The number of fused-ring (bicyclic) bond motifs is 1. The van der Waals surface area contributed by atoms with Gasteiger partial charge >= 0.3 is 0 Å². The molecule has 3 aromatic carbocycles. The molecule has 52 heavy (non-hydrogen) atoms. The molecular weight excluding hydrogens is 671 g/mol. The molecule has 12 nitrogen and oxygen atoms in total. The van der Waals surface area contributed by atoms with Crippen molar-refractivity contribution < 1.29 is 4.74 Å². The first kappa shape index (κ1) is 35.3. The third-order valence-electron chi connectivity index (χ3n) is 10.1. The van der Waals surface area contributed by atoms with Crippen LogP contribution in [0.25, 0.3) is 11.0 Å². The highest BCUT2D eigenvalue weighted by molar-refractivity contribution is 7.99. The second-order valence-corrected chi connectivity index (χ2v) is 14.2. The van der Waals surface area contributed by atoms with Crippen molar-refractivity contribution >= 4 is 57.5 Å². The molecule has 2 fully saturated rings. The topological polar surface area (TPSA) is 122 Å². The van der Waals surface area contributed by atoms with Crippen LogP contribution in [-0.2, 0) is 6.42 Å². The molecular formula is C39H45N11OS. The maximum absolute atomic E-state index is 10.0. The average molecular weight is 716 g/mol. The Bertz CT molecular complexity index is 2040. The summed E-state index contributed by atoms with van der Waals surface area (Å²) < 4.78 is 8.02. The van der Waals surface area contributed by atoms with Crippen LogP contribution in [0.5, 0.6) is 5.75 Å². The predicted octanol–water partition coefficient (Wildman–Crippen LogP) is 6.31. The van der Waals surface area contributed by atoms with Crippen molar-refractivity contribution in [3.05, 3.63) is 89.9 Å². The first-order valence-electron chi connectivity index (χ1n) is 17.7. The zero-order valence-electron chi connectivity index (χ0n) is 30.2. The number of methoxy groups -OCH3 is 1. The van der Waals surface area contributed by atoms with Gasteiger partial charge in [0, 0.05) is 82.8 Å². The summed E-state index contributed by atoms with van der Waals surface area (Å²) in [5.74, 6) is 1.42. The van der Waals surface area contributed by atoms with Gasteiger partial charge in [0.2, 0.25) is 5.95 Å². The summed E-state index contributed by atoms with van der Waals surface area (Å²) in [7, 11) is 5.88. The monoisotopic (exact) mass is 715 g/mol. The SMILES string of the molecule is COc1cc(N2CCC(N3CCN(C)CC3)CC2)c(Cc2ccccc2)cc1Nc1ncc(C#N)c(Nc2ccc3nccnc3c2N(C)SC)n1. The summed E-state index contributed by atoms with van der Waals surface area (Å²) in [5.41, 5.74) is 7.79. The summed E-state index contributed by atoms with van der Waals surface area (Å²) in [4.78, 5) is 26.1. The quantitative estimate of drug-likeness (QED) is 0.149. The molecule has 268 valence electrons. The first-order valence-corrected chi connectivity index (χ1v) is 18.9. The lowest BCUT2D eigenvalue weighted by molar-refractivity contribution is 0.0982. The molecule has 0 radical (unpaired) electrons. The van der Waals surface area contributed by atoms with E-state index in [4.69, 9.17) is 9.72 Å². The lowest BCUT2D eigenvalue weighted by Crippen LogP contribution is -2.52. The lowest BCUT2D eigenvalue weighted by Gasteiger charge is -2.43. The molecule has 2 aliphatic heterocycles. The number of hydrogen-bond donors (Lipinski definition) is 2. The summed E-state index contributed by atoms with van der Waals surface area (Å²) in [5, 5.41) is 16.9. The van der Waals surface area contributed by atoms with E-state index in [1.54, 1.807) is 31.5 Å². The van der Waals surface area contributed by atoms with Gasteiger partial charge in [0.15, 0.2) is 5.82 Å². The Morgan fingerprint density at radius 1 is 0.942 bits per heavy atom. The van der Waals surface area contributed by atoms with E-state index in [0.717, 1.165) is 86.6 Å². The van der Waals surface area contributed by atoms with E-state index >= 15 is 0 Å². The molecule has 0 unspecified atom stereocenters. The van der Waals surface area contributed by atoms with Crippen LogP contribution in [-0.4, -0.2) is 103 Å². The normalized spacial score (nSPS) is 15.7. The Hall–Kier alpha value is -5.16. The number of piperazine rings is 1. The minimum absolute atomic E-state index is 0.314. The van der Waals surface area contributed by atoms with Crippen LogP contribution in [0.4, 0.5) is 34.5 Å². The number of aromatic nitrogens is 4. The van der Waals surface area contributed by atoms with E-state index in [1.807, 2.05) is 29.7 Å². The zero-order valence-corrected chi connectivity index (χ0v) is 31.0. The second-order valence-electron chi connectivity index (χ2n) is 13.3. The number of benzene rings is 3. The molecule has 0 amide bonds. The third-order valence-corrected chi connectivity index (χ3v) is 10.8. The Morgan fingerprint density at radius 3 is 2.44 bits per heavy atom. The van der Waals surface area contributed by atoms with Crippen LogP contribution in [0.15, 0.2) is 73.2 Å². The number of rotatable bonds is 11. The Balaban J connectivity index is 1.19. The van der Waals surface area contributed by atoms with Gasteiger partial charge in [0.05, 0.1) is 35.9 Å². The van der Waals surface area contributed by atoms with Crippen molar-refractivity contribution in [3.63, 3.8) is 0 Å². The highest BCUT2D eigenvalue weighted by atomic mass is 32.2. The molecule has 2 N–H and O–H groups in total. The van der Waals surface area contributed by atoms with Crippen molar-refractivity contribution in [2.75, 3.05) is 86.6 Å². The summed E-state index contributed by atoms with van der Waals surface area (Å²) >= 11 is 1.55. The van der Waals surface area contributed by atoms with Crippen LogP contribution in [0.3, 0.4) is 0 Å². The Kier molecular flexibility index (Phi) is 10.9. The van der Waals surface area contributed by atoms with Crippen molar-refractivity contribution in [1.29, 1.82) is 5.26 Å². The maximum atomic E-state index is 10.0. The molecule has 0 spiro atoms. The van der Waals surface area contributed by atoms with E-state index in [-0.39, 0.29) is 0 Å². The van der Waals surface area contributed by atoms with Crippen LogP contribution < -0.4 is 24.6 Å². The third kappa shape index (κ3) is 7.69. The van der Waals surface area contributed by atoms with Crippen LogP contribution in [0.1, 0.15) is 29.5 Å². The van der Waals surface area contributed by atoms with Gasteiger partial charge in [-0.2, -0.15) is 10.2 Å². The average Bonchev–Trinajstić information content (AvgIpc) is 3.18. The minimum atomic E-state index is 0.314. The fraction of sp³-hybridized carbons (Fsp3) is 0.359. The fourth-order valence-corrected chi connectivity index (χ4v) is 7.56. The van der Waals surface area contributed by atoms with Crippen molar-refractivity contribution in [2.24, 2.45) is 0 Å². The zero-order chi connectivity index (χ0) is 36.0. The van der Waals surface area contributed by atoms with Crippen LogP contribution in [0, 0.1) is 11.3 Å².